The van der Waals surface area contributed by atoms with E-state index in [0.717, 1.165) is 33.3 Å². The highest BCUT2D eigenvalue weighted by Crippen LogP contribution is 2.22. The van der Waals surface area contributed by atoms with Gasteiger partial charge in [-0.05, 0) is 45.0 Å². The quantitative estimate of drug-likeness (QED) is 0.708. The highest BCUT2D eigenvalue weighted by Gasteiger charge is 2.11. The molecule has 26 heavy (non-hydrogen) atoms. The van der Waals surface area contributed by atoms with Crippen molar-refractivity contribution >= 4 is 23.8 Å². The zero-order valence-corrected chi connectivity index (χ0v) is 16.0. The van der Waals surface area contributed by atoms with Gasteiger partial charge in [0.15, 0.2) is 5.82 Å². The van der Waals surface area contributed by atoms with E-state index in [9.17, 15) is 0 Å². The van der Waals surface area contributed by atoms with E-state index in [0.29, 0.717) is 16.5 Å². The molecule has 2 aromatic heterocycles. The van der Waals surface area contributed by atoms with E-state index in [-0.39, 0.29) is 0 Å². The van der Waals surface area contributed by atoms with Crippen LogP contribution in [0.3, 0.4) is 0 Å². The van der Waals surface area contributed by atoms with Crippen molar-refractivity contribution in [3.8, 4) is 28.5 Å². The van der Waals surface area contributed by atoms with E-state index < -0.39 is 0 Å². The fourth-order valence-electron chi connectivity index (χ4n) is 2.85. The van der Waals surface area contributed by atoms with Crippen LogP contribution in [0.15, 0.2) is 36.4 Å². The lowest BCUT2D eigenvalue weighted by Crippen LogP contribution is -2.31. The van der Waals surface area contributed by atoms with Gasteiger partial charge < -0.3 is 4.74 Å². The maximum absolute atomic E-state index is 6.19. The standard InChI is InChI=1S/C21H20ClN3O/c1-5-16-17(6-2)24-21(18-10-11-19(26-4)13(3)23-18)25-20(16)14-8-7-9-15(22)12-14/h5-12H,1-4H3/b16-5+,17-6+. The van der Waals surface area contributed by atoms with Gasteiger partial charge in [0, 0.05) is 15.8 Å². The first kappa shape index (κ1) is 18.1. The van der Waals surface area contributed by atoms with Crippen LogP contribution in [0.5, 0.6) is 5.75 Å². The molecule has 0 aliphatic rings. The second-order valence-corrected chi connectivity index (χ2v) is 6.20. The molecule has 0 N–H and O–H groups in total. The van der Waals surface area contributed by atoms with Gasteiger partial charge in [0.2, 0.25) is 0 Å². The molecule has 0 saturated heterocycles. The number of ether oxygens (including phenoxy) is 1. The van der Waals surface area contributed by atoms with Crippen LogP contribution < -0.4 is 15.3 Å². The molecule has 0 bridgehead atoms. The summed E-state index contributed by atoms with van der Waals surface area (Å²) in [7, 11) is 1.63. The molecule has 4 nitrogen and oxygen atoms in total. The predicted molar refractivity (Wildman–Crippen MR) is 107 cm³/mol. The Morgan fingerprint density at radius 1 is 1.00 bits per heavy atom. The van der Waals surface area contributed by atoms with Gasteiger partial charge >= 0.3 is 0 Å². The summed E-state index contributed by atoms with van der Waals surface area (Å²) in [5.41, 5.74) is 3.29. The van der Waals surface area contributed by atoms with Gasteiger partial charge in [-0.3, -0.25) is 0 Å². The van der Waals surface area contributed by atoms with Gasteiger partial charge in [0.25, 0.3) is 0 Å². The zero-order valence-electron chi connectivity index (χ0n) is 15.2. The van der Waals surface area contributed by atoms with Crippen LogP contribution in [0.1, 0.15) is 19.5 Å². The topological polar surface area (TPSA) is 47.9 Å². The maximum Gasteiger partial charge on any atom is 0.179 e. The van der Waals surface area contributed by atoms with Crippen molar-refractivity contribution in [1.29, 1.82) is 0 Å². The summed E-state index contributed by atoms with van der Waals surface area (Å²) in [5.74, 6) is 1.31. The second-order valence-electron chi connectivity index (χ2n) is 5.77. The molecule has 0 spiro atoms. The Morgan fingerprint density at radius 3 is 2.42 bits per heavy atom. The number of pyridine rings is 1. The van der Waals surface area contributed by atoms with Crippen LogP contribution in [-0.2, 0) is 0 Å². The number of hydrogen-bond acceptors (Lipinski definition) is 4. The number of rotatable bonds is 3. The van der Waals surface area contributed by atoms with Gasteiger partial charge in [-0.2, -0.15) is 0 Å². The van der Waals surface area contributed by atoms with Gasteiger partial charge in [0.05, 0.1) is 23.8 Å². The van der Waals surface area contributed by atoms with Gasteiger partial charge in [-0.15, -0.1) is 0 Å². The predicted octanol–water partition coefficient (Wildman–Crippen LogP) is 3.78. The minimum Gasteiger partial charge on any atom is -0.495 e. The van der Waals surface area contributed by atoms with E-state index in [2.05, 4.69) is 4.98 Å². The Labute approximate surface area is 157 Å². The number of aromatic nitrogens is 3. The third-order valence-corrected chi connectivity index (χ3v) is 4.36. The normalized spacial score (nSPS) is 12.5. The largest absolute Gasteiger partial charge is 0.495 e. The molecule has 0 saturated carbocycles. The average Bonchev–Trinajstić information content (AvgIpc) is 2.66. The van der Waals surface area contributed by atoms with Gasteiger partial charge in [-0.1, -0.05) is 35.9 Å². The molecule has 2 heterocycles. The Balaban J connectivity index is 2.29. The fraction of sp³-hybridized carbons (Fsp3) is 0.190. The molecule has 3 aromatic rings. The zero-order chi connectivity index (χ0) is 18.7. The number of benzene rings is 1. The summed E-state index contributed by atoms with van der Waals surface area (Å²) < 4.78 is 5.29. The van der Waals surface area contributed by atoms with Crippen LogP contribution in [0.25, 0.3) is 34.9 Å². The summed E-state index contributed by atoms with van der Waals surface area (Å²) in [6.07, 6.45) is 3.99. The highest BCUT2D eigenvalue weighted by molar-refractivity contribution is 6.30. The molecule has 0 radical (unpaired) electrons. The molecule has 0 amide bonds. The maximum atomic E-state index is 6.19. The molecule has 0 unspecified atom stereocenters. The van der Waals surface area contributed by atoms with Crippen LogP contribution >= 0.6 is 11.6 Å². The monoisotopic (exact) mass is 365 g/mol. The molecular weight excluding hydrogens is 346 g/mol. The van der Waals surface area contributed by atoms with Crippen molar-refractivity contribution in [2.24, 2.45) is 0 Å². The number of halogens is 1. The molecule has 1 aromatic carbocycles. The summed E-state index contributed by atoms with van der Waals surface area (Å²) in [5, 5.41) is 2.51. The molecule has 3 rings (SSSR count). The number of hydrogen-bond donors (Lipinski definition) is 0. The summed E-state index contributed by atoms with van der Waals surface area (Å²) in [6, 6.07) is 11.4. The molecule has 5 heteroatoms. The molecule has 0 aliphatic carbocycles. The second kappa shape index (κ2) is 7.67. The molecule has 0 fully saturated rings. The third-order valence-electron chi connectivity index (χ3n) is 4.12. The number of nitrogens with zero attached hydrogens (tertiary/aromatic N) is 3. The van der Waals surface area contributed by atoms with Gasteiger partial charge in [-0.25, -0.2) is 15.0 Å². The van der Waals surface area contributed by atoms with Crippen molar-refractivity contribution in [2.45, 2.75) is 20.8 Å². The van der Waals surface area contributed by atoms with Crippen LogP contribution in [0.4, 0.5) is 0 Å². The summed E-state index contributed by atoms with van der Waals surface area (Å²) >= 11 is 6.19. The Morgan fingerprint density at radius 2 is 1.81 bits per heavy atom. The van der Waals surface area contributed by atoms with Crippen molar-refractivity contribution in [1.82, 2.24) is 15.0 Å². The molecular formula is C21H20ClN3O. The SMILES string of the molecule is C/C=c1/c(-c2cccc(Cl)c2)nc(-c2ccc(OC)c(C)n2)n/c1=C/C. The minimum atomic E-state index is 0.574. The molecule has 0 atom stereocenters. The van der Waals surface area contributed by atoms with Crippen LogP contribution in [0, 0.1) is 6.92 Å². The fourth-order valence-corrected chi connectivity index (χ4v) is 3.04. The van der Waals surface area contributed by atoms with Crippen LogP contribution in [0.2, 0.25) is 5.02 Å². The first-order valence-electron chi connectivity index (χ1n) is 8.36. The Kier molecular flexibility index (Phi) is 5.33. The van der Waals surface area contributed by atoms with E-state index in [1.807, 2.05) is 69.3 Å². The van der Waals surface area contributed by atoms with Gasteiger partial charge in [0.1, 0.15) is 11.4 Å². The van der Waals surface area contributed by atoms with E-state index >= 15 is 0 Å². The van der Waals surface area contributed by atoms with E-state index in [1.165, 1.54) is 0 Å². The first-order valence-corrected chi connectivity index (χ1v) is 8.74. The lowest BCUT2D eigenvalue weighted by molar-refractivity contribution is 0.409. The summed E-state index contributed by atoms with van der Waals surface area (Å²) in [6.45, 7) is 5.85. The molecule has 132 valence electrons. The summed E-state index contributed by atoms with van der Waals surface area (Å²) in [4.78, 5) is 14.1. The smallest absolute Gasteiger partial charge is 0.179 e. The Bertz CT molecular complexity index is 1080. The van der Waals surface area contributed by atoms with Crippen molar-refractivity contribution in [2.75, 3.05) is 7.11 Å². The average molecular weight is 366 g/mol. The molecule has 0 aliphatic heterocycles. The highest BCUT2D eigenvalue weighted by atomic mass is 35.5. The number of methoxy groups -OCH3 is 1. The van der Waals surface area contributed by atoms with Crippen molar-refractivity contribution in [3.05, 3.63) is 57.7 Å². The van der Waals surface area contributed by atoms with Crippen molar-refractivity contribution < 1.29 is 4.74 Å². The lowest BCUT2D eigenvalue weighted by Gasteiger charge is -2.09. The van der Waals surface area contributed by atoms with Crippen molar-refractivity contribution in [3.63, 3.8) is 0 Å². The van der Waals surface area contributed by atoms with E-state index in [1.54, 1.807) is 7.11 Å². The third kappa shape index (κ3) is 3.46. The lowest BCUT2D eigenvalue weighted by atomic mass is 10.1. The van der Waals surface area contributed by atoms with Crippen LogP contribution in [-0.4, -0.2) is 22.1 Å². The Hall–Kier alpha value is -2.72. The first-order chi connectivity index (χ1) is 12.6. The minimum absolute atomic E-state index is 0.574. The number of aryl methyl sites for hydroxylation is 1. The van der Waals surface area contributed by atoms with E-state index in [4.69, 9.17) is 26.3 Å².